The minimum absolute atomic E-state index is 0.00864. The number of alkyl carbamates (subject to hydrolysis) is 1. The Balaban J connectivity index is 1.60. The lowest BCUT2D eigenvalue weighted by Crippen LogP contribution is -2.29. The molecule has 1 saturated heterocycles. The molecule has 3 rings (SSSR count). The van der Waals surface area contributed by atoms with Gasteiger partial charge in [0.1, 0.15) is 25.0 Å². The van der Waals surface area contributed by atoms with E-state index in [0.717, 1.165) is 0 Å². The molecule has 24 nitrogen and oxygen atoms in total. The van der Waals surface area contributed by atoms with E-state index in [-0.39, 0.29) is 53.5 Å². The lowest BCUT2D eigenvalue weighted by atomic mass is 10.1. The van der Waals surface area contributed by atoms with Gasteiger partial charge in [0, 0.05) is 40.1 Å². The van der Waals surface area contributed by atoms with Gasteiger partial charge in [0.2, 0.25) is 5.95 Å². The summed E-state index contributed by atoms with van der Waals surface area (Å²) in [4.78, 5) is 61.6. The number of anilines is 1. The number of aromatic nitrogens is 3. The number of nitrogens with one attached hydrogen (secondary N) is 2. The first-order valence-electron chi connectivity index (χ1n) is 15.9. The van der Waals surface area contributed by atoms with Gasteiger partial charge in [-0.05, 0) is 47.3 Å². The number of amides is 1. The van der Waals surface area contributed by atoms with Gasteiger partial charge in [-0.1, -0.05) is 38.5 Å². The topological polar surface area (TPSA) is 351 Å². The maximum Gasteiger partial charge on any atom is 0.719 e. The molecule has 29 heteroatoms. The predicted octanol–water partition coefficient (Wildman–Crippen LogP) is 3.52. The van der Waals surface area contributed by atoms with Gasteiger partial charge in [-0.25, -0.2) is 13.9 Å². The standard InChI is InChI=1S/C26H39N8O16P3S2/c1-26(2,7-9-35)55-54-16-44-10-3-4-11-45-25(37)29-8-5-6-17-13-34(22-21(17)23(36)32-24(27)31-22)20-12-18(46-15-30-33-28)19(48-20)14-47-53(42,43)50-51(38)49-52(39,40)41/h13,18-20,35H,3-4,7-12,14-16H2,1-2H3,(H6-,27,29,31,32,36,37,39,40,41,42,43)/p+1/t18-,19+,20?/m0/s1. The number of rotatable bonds is 23. The largest absolute Gasteiger partial charge is 0.719 e. The maximum absolute atomic E-state index is 12.9. The van der Waals surface area contributed by atoms with Crippen LogP contribution in [0.25, 0.3) is 21.5 Å². The van der Waals surface area contributed by atoms with Crippen LogP contribution in [0.1, 0.15) is 51.3 Å². The first-order valence-corrected chi connectivity index (χ1v) is 22.3. The molecule has 5 atom stereocenters. The zero-order valence-corrected chi connectivity index (χ0v) is 33.6. The number of phosphoric acid groups is 2. The quantitative estimate of drug-likeness (QED) is 0.0123. The first kappa shape index (κ1) is 46.6. The highest BCUT2D eigenvalue weighted by atomic mass is 33.1. The number of nitrogens with two attached hydrogens (primary N) is 1. The Morgan fingerprint density at radius 2 is 2.05 bits per heavy atom. The minimum atomic E-state index is -5.33. The summed E-state index contributed by atoms with van der Waals surface area (Å²) in [7, 11) is -11.2. The van der Waals surface area contributed by atoms with Crippen LogP contribution in [0, 0.1) is 11.8 Å². The summed E-state index contributed by atoms with van der Waals surface area (Å²) in [6.45, 7) is 3.43. The van der Waals surface area contributed by atoms with Crippen molar-refractivity contribution in [3.63, 3.8) is 0 Å². The van der Waals surface area contributed by atoms with Crippen molar-refractivity contribution in [3.05, 3.63) is 32.6 Å². The van der Waals surface area contributed by atoms with Crippen molar-refractivity contribution in [2.45, 2.75) is 62.7 Å². The van der Waals surface area contributed by atoms with Gasteiger partial charge < -0.3 is 49.5 Å². The third-order valence-electron chi connectivity index (χ3n) is 6.94. The molecule has 55 heavy (non-hydrogen) atoms. The number of H-pyrrole nitrogens is 1. The Labute approximate surface area is 321 Å². The highest BCUT2D eigenvalue weighted by Crippen LogP contribution is 2.58. The van der Waals surface area contributed by atoms with E-state index in [1.54, 1.807) is 21.6 Å². The molecule has 1 aliphatic heterocycles. The van der Waals surface area contributed by atoms with Crippen LogP contribution in [0.15, 0.2) is 16.1 Å². The van der Waals surface area contributed by atoms with Crippen LogP contribution in [0.3, 0.4) is 0 Å². The Morgan fingerprint density at radius 3 is 2.76 bits per heavy atom. The molecule has 0 aromatic carbocycles. The number of fused-ring (bicyclic) bond motifs is 1. The van der Waals surface area contributed by atoms with Crippen molar-refractivity contribution in [1.82, 2.24) is 19.9 Å². The van der Waals surface area contributed by atoms with Crippen molar-refractivity contribution in [2.24, 2.45) is 5.11 Å². The molecule has 3 heterocycles. The van der Waals surface area contributed by atoms with E-state index in [4.69, 9.17) is 49.6 Å². The molecule has 3 unspecified atom stereocenters. The number of aliphatic hydroxyl groups excluding tert-OH is 1. The number of aliphatic hydroxyl groups is 1. The third-order valence-corrected chi connectivity index (χ3v) is 13.2. The van der Waals surface area contributed by atoms with Crippen LogP contribution in [-0.2, 0) is 45.8 Å². The summed E-state index contributed by atoms with van der Waals surface area (Å²) >= 11 is 0. The first-order chi connectivity index (χ1) is 25.9. The van der Waals surface area contributed by atoms with Gasteiger partial charge in [0.05, 0.1) is 36.8 Å². The van der Waals surface area contributed by atoms with Gasteiger partial charge in [-0.3, -0.25) is 19.2 Å². The van der Waals surface area contributed by atoms with Gasteiger partial charge >= 0.3 is 30.0 Å². The van der Waals surface area contributed by atoms with Crippen LogP contribution in [0.2, 0.25) is 0 Å². The van der Waals surface area contributed by atoms with E-state index in [2.05, 4.69) is 45.8 Å². The number of nitrogen functional groups attached to an aromatic ring is 1. The molecule has 2 aromatic rings. The van der Waals surface area contributed by atoms with Gasteiger partial charge in [0.25, 0.3) is 5.56 Å². The van der Waals surface area contributed by atoms with Crippen LogP contribution < -0.4 is 16.6 Å². The third kappa shape index (κ3) is 16.7. The summed E-state index contributed by atoms with van der Waals surface area (Å²) < 4.78 is 70.8. The Kier molecular flexibility index (Phi) is 18.8. The predicted molar refractivity (Wildman–Crippen MR) is 197 cm³/mol. The number of carbonyl (C=O) groups excluding carboxylic acids is 1. The van der Waals surface area contributed by atoms with Crippen LogP contribution in [0.4, 0.5) is 10.7 Å². The van der Waals surface area contributed by atoms with E-state index in [9.17, 15) is 28.2 Å². The van der Waals surface area contributed by atoms with Crippen LogP contribution in [0.5, 0.6) is 0 Å². The van der Waals surface area contributed by atoms with Crippen molar-refractivity contribution in [3.8, 4) is 11.8 Å². The molecule has 8 N–H and O–H groups in total. The monoisotopic (exact) mass is 877 g/mol. The van der Waals surface area contributed by atoms with E-state index < -0.39 is 67.3 Å². The van der Waals surface area contributed by atoms with Gasteiger partial charge in [-0.2, -0.15) is 4.98 Å². The van der Waals surface area contributed by atoms with Crippen LogP contribution in [-0.4, -0.2) is 103 Å². The molecule has 306 valence electrons. The average molecular weight is 878 g/mol. The summed E-state index contributed by atoms with van der Waals surface area (Å²) in [5.41, 5.74) is 14.0. The molecule has 0 saturated carbocycles. The molecule has 0 aliphatic carbocycles. The van der Waals surface area contributed by atoms with Gasteiger partial charge in [0.15, 0.2) is 5.65 Å². The Hall–Kier alpha value is -2.78. The van der Waals surface area contributed by atoms with Crippen molar-refractivity contribution in [1.29, 1.82) is 0 Å². The molecule has 2 aromatic heterocycles. The highest BCUT2D eigenvalue weighted by Gasteiger charge is 2.45. The minimum Gasteiger partial charge on any atom is -0.450 e. The zero-order chi connectivity index (χ0) is 40.6. The number of hydrogen-bond acceptors (Lipinski definition) is 18. The molecule has 1 amide bonds. The van der Waals surface area contributed by atoms with Crippen molar-refractivity contribution in [2.75, 3.05) is 51.4 Å². The smallest absolute Gasteiger partial charge is 0.450 e. The summed E-state index contributed by atoms with van der Waals surface area (Å²) in [6.07, 6.45) is -0.651. The van der Waals surface area contributed by atoms with Crippen molar-refractivity contribution < 1.29 is 70.4 Å². The highest BCUT2D eigenvalue weighted by molar-refractivity contribution is 8.77. The number of aromatic amines is 1. The fraction of sp³-hybridized carbons (Fsp3) is 0.654. The number of hydrogen-bond donors (Lipinski definition) is 7. The molecule has 0 radical (unpaired) electrons. The molecular formula is C26H40N8O16P3S2+. The zero-order valence-electron chi connectivity index (χ0n) is 29.2. The number of ether oxygens (including phenoxy) is 4. The number of phosphoric ester groups is 1. The Morgan fingerprint density at radius 1 is 1.31 bits per heavy atom. The second-order valence-electron chi connectivity index (χ2n) is 11.6. The molecule has 0 bridgehead atoms. The van der Waals surface area contributed by atoms with E-state index in [0.29, 0.717) is 31.8 Å². The second-order valence-corrected chi connectivity index (χ2v) is 18.5. The second kappa shape index (κ2) is 22.2. The SMILES string of the molecule is CC(C)(CCO)SSCOCCCCOC(=O)NCC#Cc1cn(C2C[C@H](OCN=[N+]=[N-])[C@@H](COP(=O)(O)O[P+](=O)OP(=O)(O)O)O2)c2nc(N)[nH]c(=O)c12. The molecule has 1 aliphatic rings. The van der Waals surface area contributed by atoms with E-state index >= 15 is 0 Å². The lowest BCUT2D eigenvalue weighted by molar-refractivity contribution is -0.0579. The van der Waals surface area contributed by atoms with Gasteiger partial charge in [-0.15, -0.1) is 0 Å². The van der Waals surface area contributed by atoms with E-state index in [1.165, 1.54) is 10.8 Å². The fourth-order valence-corrected chi connectivity index (χ4v) is 9.14. The number of unbranched alkanes of at least 4 members (excludes halogenated alkanes) is 1. The van der Waals surface area contributed by atoms with Crippen LogP contribution >= 0.6 is 45.5 Å². The van der Waals surface area contributed by atoms with Crippen molar-refractivity contribution >= 4 is 68.6 Å². The summed E-state index contributed by atoms with van der Waals surface area (Å²) in [5.74, 6) is 5.75. The molecule has 1 fully saturated rings. The normalized spacial score (nSPS) is 18.6. The van der Waals surface area contributed by atoms with E-state index in [1.807, 2.05) is 13.8 Å². The summed E-state index contributed by atoms with van der Waals surface area (Å²) in [5, 5.41) is 14.9. The fourth-order valence-electron chi connectivity index (χ4n) is 4.58. The number of carbonyl (C=O) groups is 1. The lowest BCUT2D eigenvalue weighted by Gasteiger charge is -2.21. The Bertz CT molecular complexity index is 1900. The maximum atomic E-state index is 12.9. The number of nitrogens with zero attached hydrogens (tertiary/aromatic N) is 5. The molecule has 0 spiro atoms. The average Bonchev–Trinajstić information content (AvgIpc) is 3.65. The molecular weight excluding hydrogens is 837 g/mol. The number of azide groups is 1. The summed E-state index contributed by atoms with van der Waals surface area (Å²) in [6, 6.07) is 0.